The van der Waals surface area contributed by atoms with Gasteiger partial charge in [0, 0.05) is 5.39 Å². The maximum atomic E-state index is 5.85. The van der Waals surface area contributed by atoms with Crippen LogP contribution in [0.4, 0.5) is 5.82 Å². The lowest BCUT2D eigenvalue weighted by molar-refractivity contribution is 0.667. The molecule has 2 heterocycles. The van der Waals surface area contributed by atoms with Gasteiger partial charge in [-0.1, -0.05) is 36.4 Å². The summed E-state index contributed by atoms with van der Waals surface area (Å²) in [6, 6.07) is 15.8. The molecule has 4 rings (SSSR count). The van der Waals surface area contributed by atoms with Crippen LogP contribution >= 0.6 is 0 Å². The standard InChI is InChI=1S/C18H14N4O/c1-12-6-2-3-7-13(12)10-21-22-18-17-16(19-11-20-18)14-8-4-5-9-15(14)23-17/h2-11H,1H3,(H,19,20,22)/b21-10-. The number of nitrogens with zero attached hydrogens (tertiary/aromatic N) is 3. The van der Waals surface area contributed by atoms with Gasteiger partial charge in [-0.15, -0.1) is 0 Å². The predicted octanol–water partition coefficient (Wildman–Crippen LogP) is 4.13. The number of furan rings is 1. The van der Waals surface area contributed by atoms with Crippen LogP contribution < -0.4 is 5.43 Å². The zero-order chi connectivity index (χ0) is 15.6. The van der Waals surface area contributed by atoms with Crippen LogP contribution in [0.15, 0.2) is 64.4 Å². The van der Waals surface area contributed by atoms with E-state index in [0.717, 1.165) is 27.6 Å². The molecular formula is C18H14N4O. The minimum Gasteiger partial charge on any atom is -0.450 e. The highest BCUT2D eigenvalue weighted by Gasteiger charge is 2.11. The second-order valence-electron chi connectivity index (χ2n) is 5.22. The summed E-state index contributed by atoms with van der Waals surface area (Å²) < 4.78 is 5.85. The Labute approximate surface area is 132 Å². The number of hydrogen-bond donors (Lipinski definition) is 1. The average molecular weight is 302 g/mol. The van der Waals surface area contributed by atoms with Crippen LogP contribution in [0.1, 0.15) is 11.1 Å². The van der Waals surface area contributed by atoms with Crippen LogP contribution in [0.25, 0.3) is 22.1 Å². The Morgan fingerprint density at radius 1 is 1.04 bits per heavy atom. The number of rotatable bonds is 3. The lowest BCUT2D eigenvalue weighted by Crippen LogP contribution is -1.95. The summed E-state index contributed by atoms with van der Waals surface area (Å²) in [5, 5.41) is 5.24. The molecule has 4 aromatic rings. The van der Waals surface area contributed by atoms with E-state index in [4.69, 9.17) is 4.42 Å². The van der Waals surface area contributed by atoms with Crippen LogP contribution in [-0.4, -0.2) is 16.2 Å². The summed E-state index contributed by atoms with van der Waals surface area (Å²) >= 11 is 0. The monoisotopic (exact) mass is 302 g/mol. The lowest BCUT2D eigenvalue weighted by Gasteiger charge is -2.00. The Hall–Kier alpha value is -3.21. The summed E-state index contributed by atoms with van der Waals surface area (Å²) in [5.74, 6) is 0.552. The van der Waals surface area contributed by atoms with Gasteiger partial charge in [0.25, 0.3) is 0 Å². The molecule has 0 aliphatic rings. The van der Waals surface area contributed by atoms with E-state index in [1.165, 1.54) is 6.33 Å². The molecule has 0 unspecified atom stereocenters. The van der Waals surface area contributed by atoms with E-state index in [-0.39, 0.29) is 0 Å². The van der Waals surface area contributed by atoms with E-state index in [0.29, 0.717) is 11.4 Å². The normalized spacial score (nSPS) is 11.5. The first-order valence-corrected chi connectivity index (χ1v) is 7.30. The molecule has 0 radical (unpaired) electrons. The molecule has 0 atom stereocenters. The van der Waals surface area contributed by atoms with Gasteiger partial charge in [-0.05, 0) is 30.2 Å². The average Bonchev–Trinajstić information content (AvgIpc) is 2.96. The van der Waals surface area contributed by atoms with Gasteiger partial charge in [0.2, 0.25) is 0 Å². The van der Waals surface area contributed by atoms with E-state index in [9.17, 15) is 0 Å². The van der Waals surface area contributed by atoms with Gasteiger partial charge >= 0.3 is 0 Å². The molecule has 5 nitrogen and oxygen atoms in total. The lowest BCUT2D eigenvalue weighted by atomic mass is 10.1. The summed E-state index contributed by atoms with van der Waals surface area (Å²) in [5.41, 5.74) is 7.34. The second-order valence-corrected chi connectivity index (χ2v) is 5.22. The highest BCUT2D eigenvalue weighted by molar-refractivity contribution is 6.05. The smallest absolute Gasteiger partial charge is 0.197 e. The second kappa shape index (κ2) is 5.53. The molecule has 112 valence electrons. The van der Waals surface area contributed by atoms with Crippen molar-refractivity contribution in [2.75, 3.05) is 5.43 Å². The van der Waals surface area contributed by atoms with Crippen LogP contribution in [-0.2, 0) is 0 Å². The number of hydrazone groups is 1. The van der Waals surface area contributed by atoms with Crippen LogP contribution in [0.5, 0.6) is 0 Å². The fourth-order valence-corrected chi connectivity index (χ4v) is 2.50. The van der Waals surface area contributed by atoms with Gasteiger partial charge in [-0.2, -0.15) is 5.10 Å². The third-order valence-corrected chi connectivity index (χ3v) is 3.72. The minimum absolute atomic E-state index is 0.552. The van der Waals surface area contributed by atoms with Gasteiger partial charge < -0.3 is 4.42 Å². The van der Waals surface area contributed by atoms with Gasteiger partial charge in [-0.3, -0.25) is 5.43 Å². The first kappa shape index (κ1) is 13.5. The molecule has 23 heavy (non-hydrogen) atoms. The number of aromatic nitrogens is 2. The quantitative estimate of drug-likeness (QED) is 0.456. The summed E-state index contributed by atoms with van der Waals surface area (Å²) in [7, 11) is 0. The van der Waals surface area contributed by atoms with Crippen LogP contribution in [0.2, 0.25) is 0 Å². The molecule has 0 fully saturated rings. The fraction of sp³-hybridized carbons (Fsp3) is 0.0556. The molecule has 1 N–H and O–H groups in total. The minimum atomic E-state index is 0.552. The molecule has 0 aliphatic heterocycles. The highest BCUT2D eigenvalue weighted by atomic mass is 16.3. The van der Waals surface area contributed by atoms with Gasteiger partial charge in [0.15, 0.2) is 11.4 Å². The topological polar surface area (TPSA) is 63.3 Å². The third kappa shape index (κ3) is 2.42. The Balaban J connectivity index is 1.71. The molecule has 2 aromatic heterocycles. The Morgan fingerprint density at radius 3 is 2.78 bits per heavy atom. The van der Waals surface area contributed by atoms with Gasteiger partial charge in [0.05, 0.1) is 6.21 Å². The molecule has 0 saturated heterocycles. The van der Waals surface area contributed by atoms with Crippen molar-refractivity contribution in [2.45, 2.75) is 6.92 Å². The van der Waals surface area contributed by atoms with Crippen molar-refractivity contribution in [3.8, 4) is 0 Å². The Morgan fingerprint density at radius 2 is 1.87 bits per heavy atom. The zero-order valence-electron chi connectivity index (χ0n) is 12.5. The van der Waals surface area contributed by atoms with Crippen LogP contribution in [0.3, 0.4) is 0 Å². The van der Waals surface area contributed by atoms with Crippen molar-refractivity contribution in [3.05, 3.63) is 66.0 Å². The van der Waals surface area contributed by atoms with E-state index >= 15 is 0 Å². The molecule has 0 spiro atoms. The van der Waals surface area contributed by atoms with Crippen LogP contribution in [0, 0.1) is 6.92 Å². The molecule has 5 heteroatoms. The number of aryl methyl sites for hydroxylation is 1. The maximum Gasteiger partial charge on any atom is 0.197 e. The number of anilines is 1. The first-order chi connectivity index (χ1) is 11.3. The first-order valence-electron chi connectivity index (χ1n) is 7.30. The largest absolute Gasteiger partial charge is 0.450 e. The van der Waals surface area contributed by atoms with Crippen molar-refractivity contribution in [3.63, 3.8) is 0 Å². The molecule has 2 aromatic carbocycles. The summed E-state index contributed by atoms with van der Waals surface area (Å²) in [6.45, 7) is 2.05. The number of para-hydroxylation sites is 1. The summed E-state index contributed by atoms with van der Waals surface area (Å²) in [4.78, 5) is 8.54. The number of hydrogen-bond acceptors (Lipinski definition) is 5. The number of benzene rings is 2. The highest BCUT2D eigenvalue weighted by Crippen LogP contribution is 2.30. The number of nitrogens with one attached hydrogen (secondary N) is 1. The van der Waals surface area contributed by atoms with E-state index in [1.54, 1.807) is 6.21 Å². The Bertz CT molecular complexity index is 1020. The van der Waals surface area contributed by atoms with Gasteiger partial charge in [0.1, 0.15) is 17.4 Å². The molecule has 0 bridgehead atoms. The van der Waals surface area contributed by atoms with E-state index in [2.05, 4.69) is 20.5 Å². The van der Waals surface area contributed by atoms with Crippen molar-refractivity contribution in [1.82, 2.24) is 9.97 Å². The van der Waals surface area contributed by atoms with Crippen molar-refractivity contribution in [1.29, 1.82) is 0 Å². The zero-order valence-corrected chi connectivity index (χ0v) is 12.5. The molecule has 0 amide bonds. The SMILES string of the molecule is Cc1ccccc1/C=N\Nc1ncnc2c1oc1ccccc12. The number of fused-ring (bicyclic) bond motifs is 3. The third-order valence-electron chi connectivity index (χ3n) is 3.72. The predicted molar refractivity (Wildman–Crippen MR) is 91.7 cm³/mol. The summed E-state index contributed by atoms with van der Waals surface area (Å²) in [6.07, 6.45) is 3.28. The fourth-order valence-electron chi connectivity index (χ4n) is 2.50. The van der Waals surface area contributed by atoms with Crippen molar-refractivity contribution < 1.29 is 4.42 Å². The van der Waals surface area contributed by atoms with Gasteiger partial charge in [-0.25, -0.2) is 9.97 Å². The van der Waals surface area contributed by atoms with Crippen molar-refractivity contribution >= 4 is 34.1 Å². The molecule has 0 saturated carbocycles. The van der Waals surface area contributed by atoms with E-state index < -0.39 is 0 Å². The molecular weight excluding hydrogens is 288 g/mol. The Kier molecular flexibility index (Phi) is 3.24. The van der Waals surface area contributed by atoms with E-state index in [1.807, 2.05) is 55.5 Å². The maximum absolute atomic E-state index is 5.85. The molecule has 0 aliphatic carbocycles. The van der Waals surface area contributed by atoms with Crippen molar-refractivity contribution in [2.24, 2.45) is 5.10 Å².